The topological polar surface area (TPSA) is 52.1 Å². The molecule has 17 heavy (non-hydrogen) atoms. The van der Waals surface area contributed by atoms with E-state index >= 15 is 0 Å². The fraction of sp³-hybridized carbons (Fsp3) is 0.154. The molecule has 0 atom stereocenters. The first-order chi connectivity index (χ1) is 8.25. The van der Waals surface area contributed by atoms with Gasteiger partial charge < -0.3 is 4.74 Å². The Kier molecular flexibility index (Phi) is 3.45. The third-order valence-corrected chi connectivity index (χ3v) is 2.23. The molecule has 4 heteroatoms. The molecule has 0 saturated heterocycles. The van der Waals surface area contributed by atoms with Crippen LogP contribution in [0.4, 0.5) is 0 Å². The number of benzene rings is 1. The Morgan fingerprint density at radius 2 is 2.00 bits per heavy atom. The lowest BCUT2D eigenvalue weighted by atomic mass is 10.2. The molecule has 1 heterocycles. The second kappa shape index (κ2) is 5.21. The summed E-state index contributed by atoms with van der Waals surface area (Å²) < 4.78 is 5.14. The fourth-order valence-electron chi connectivity index (χ4n) is 1.36. The second-order valence-electron chi connectivity index (χ2n) is 3.61. The number of carbonyl (C=O) groups is 1. The monoisotopic (exact) mass is 228 g/mol. The van der Waals surface area contributed by atoms with Crippen molar-refractivity contribution in [3.05, 3.63) is 59.7 Å². The number of hydrogen-bond acceptors (Lipinski definition) is 4. The summed E-state index contributed by atoms with van der Waals surface area (Å²) in [5.41, 5.74) is 1.98. The van der Waals surface area contributed by atoms with Crippen LogP contribution in [0.5, 0.6) is 0 Å². The highest BCUT2D eigenvalue weighted by Gasteiger charge is 2.09. The van der Waals surface area contributed by atoms with Gasteiger partial charge in [-0.1, -0.05) is 30.3 Å². The Morgan fingerprint density at radius 3 is 2.71 bits per heavy atom. The zero-order valence-corrected chi connectivity index (χ0v) is 9.46. The summed E-state index contributed by atoms with van der Waals surface area (Å²) in [5.74, 6) is -0.431. The molecule has 2 aromatic rings. The standard InChI is InChI=1S/C13H12N2O2/c1-10-7-12(15-9-14-10)13(16)17-8-11-5-3-2-4-6-11/h2-7,9H,8H2,1H3. The molecule has 1 aromatic carbocycles. The first-order valence-electron chi connectivity index (χ1n) is 5.25. The van der Waals surface area contributed by atoms with Crippen LogP contribution >= 0.6 is 0 Å². The molecule has 0 amide bonds. The number of rotatable bonds is 3. The van der Waals surface area contributed by atoms with Crippen LogP contribution in [0.2, 0.25) is 0 Å². The van der Waals surface area contributed by atoms with E-state index in [-0.39, 0.29) is 12.3 Å². The van der Waals surface area contributed by atoms with Crippen LogP contribution in [0, 0.1) is 6.92 Å². The predicted molar refractivity (Wildman–Crippen MR) is 62.3 cm³/mol. The highest BCUT2D eigenvalue weighted by molar-refractivity contribution is 5.87. The average molecular weight is 228 g/mol. The van der Waals surface area contributed by atoms with Gasteiger partial charge in [0, 0.05) is 5.69 Å². The molecule has 0 N–H and O–H groups in total. The molecule has 0 aliphatic rings. The van der Waals surface area contributed by atoms with Gasteiger partial charge in [0.25, 0.3) is 0 Å². The van der Waals surface area contributed by atoms with Gasteiger partial charge in [-0.25, -0.2) is 14.8 Å². The minimum atomic E-state index is -0.431. The van der Waals surface area contributed by atoms with Gasteiger partial charge in [0.1, 0.15) is 12.9 Å². The van der Waals surface area contributed by atoms with Crippen LogP contribution in [-0.2, 0) is 11.3 Å². The van der Waals surface area contributed by atoms with Gasteiger partial charge >= 0.3 is 5.97 Å². The molecule has 86 valence electrons. The largest absolute Gasteiger partial charge is 0.456 e. The van der Waals surface area contributed by atoms with Crippen molar-refractivity contribution in [1.29, 1.82) is 0 Å². The van der Waals surface area contributed by atoms with Crippen molar-refractivity contribution in [1.82, 2.24) is 9.97 Å². The van der Waals surface area contributed by atoms with E-state index in [9.17, 15) is 4.79 Å². The molecule has 0 spiro atoms. The third kappa shape index (κ3) is 3.11. The van der Waals surface area contributed by atoms with Crippen molar-refractivity contribution < 1.29 is 9.53 Å². The SMILES string of the molecule is Cc1cc(C(=O)OCc2ccccc2)ncn1. The summed E-state index contributed by atoms with van der Waals surface area (Å²) >= 11 is 0. The van der Waals surface area contributed by atoms with Crippen LogP contribution in [-0.4, -0.2) is 15.9 Å². The number of ether oxygens (including phenoxy) is 1. The van der Waals surface area contributed by atoms with Gasteiger partial charge in [-0.15, -0.1) is 0 Å². The zero-order chi connectivity index (χ0) is 12.1. The maximum Gasteiger partial charge on any atom is 0.357 e. The molecular weight excluding hydrogens is 216 g/mol. The van der Waals surface area contributed by atoms with Crippen molar-refractivity contribution in [2.45, 2.75) is 13.5 Å². The number of aryl methyl sites for hydroxylation is 1. The lowest BCUT2D eigenvalue weighted by Gasteiger charge is -2.04. The van der Waals surface area contributed by atoms with Gasteiger partial charge in [-0.3, -0.25) is 0 Å². The van der Waals surface area contributed by atoms with Gasteiger partial charge in [0.2, 0.25) is 0 Å². The Morgan fingerprint density at radius 1 is 1.24 bits per heavy atom. The van der Waals surface area contributed by atoms with Crippen molar-refractivity contribution in [3.8, 4) is 0 Å². The molecule has 0 aliphatic carbocycles. The predicted octanol–water partition coefficient (Wildman–Crippen LogP) is 2.14. The van der Waals surface area contributed by atoms with Crippen molar-refractivity contribution in [2.24, 2.45) is 0 Å². The second-order valence-corrected chi connectivity index (χ2v) is 3.61. The lowest BCUT2D eigenvalue weighted by molar-refractivity contribution is 0.0465. The number of hydrogen-bond donors (Lipinski definition) is 0. The van der Waals surface area contributed by atoms with Crippen LogP contribution in [0.1, 0.15) is 21.7 Å². The molecule has 0 bridgehead atoms. The van der Waals surface area contributed by atoms with Crippen molar-refractivity contribution >= 4 is 5.97 Å². The Balaban J connectivity index is 1.98. The highest BCUT2D eigenvalue weighted by atomic mass is 16.5. The minimum Gasteiger partial charge on any atom is -0.456 e. The summed E-state index contributed by atoms with van der Waals surface area (Å²) in [6, 6.07) is 11.1. The quantitative estimate of drug-likeness (QED) is 0.755. The van der Waals surface area contributed by atoms with Gasteiger partial charge in [-0.05, 0) is 18.6 Å². The molecule has 1 aromatic heterocycles. The molecule has 0 aliphatic heterocycles. The fourth-order valence-corrected chi connectivity index (χ4v) is 1.36. The molecule has 2 rings (SSSR count). The van der Waals surface area contributed by atoms with E-state index in [1.807, 2.05) is 30.3 Å². The van der Waals surface area contributed by atoms with Gasteiger partial charge in [-0.2, -0.15) is 0 Å². The molecule has 0 saturated carbocycles. The summed E-state index contributed by atoms with van der Waals surface area (Å²) in [6.07, 6.45) is 1.36. The van der Waals surface area contributed by atoms with E-state index in [2.05, 4.69) is 9.97 Å². The van der Waals surface area contributed by atoms with E-state index in [0.717, 1.165) is 11.3 Å². The molecule has 4 nitrogen and oxygen atoms in total. The summed E-state index contributed by atoms with van der Waals surface area (Å²) in [5, 5.41) is 0. The maximum absolute atomic E-state index is 11.7. The van der Waals surface area contributed by atoms with Crippen LogP contribution < -0.4 is 0 Å². The first-order valence-corrected chi connectivity index (χ1v) is 5.25. The van der Waals surface area contributed by atoms with Crippen molar-refractivity contribution in [3.63, 3.8) is 0 Å². The van der Waals surface area contributed by atoms with Crippen LogP contribution in [0.15, 0.2) is 42.7 Å². The smallest absolute Gasteiger partial charge is 0.357 e. The molecule has 0 fully saturated rings. The van der Waals surface area contributed by atoms with Crippen LogP contribution in [0.25, 0.3) is 0 Å². The third-order valence-electron chi connectivity index (χ3n) is 2.23. The summed E-state index contributed by atoms with van der Waals surface area (Å²) in [7, 11) is 0. The van der Waals surface area contributed by atoms with Crippen LogP contribution in [0.3, 0.4) is 0 Å². The molecule has 0 unspecified atom stereocenters. The van der Waals surface area contributed by atoms with E-state index in [1.165, 1.54) is 6.33 Å². The Bertz CT molecular complexity index is 512. The average Bonchev–Trinajstić information content (AvgIpc) is 2.37. The zero-order valence-electron chi connectivity index (χ0n) is 9.46. The highest BCUT2D eigenvalue weighted by Crippen LogP contribution is 2.04. The Hall–Kier alpha value is -2.23. The lowest BCUT2D eigenvalue weighted by Crippen LogP contribution is -2.08. The number of aromatic nitrogens is 2. The summed E-state index contributed by atoms with van der Waals surface area (Å²) in [4.78, 5) is 19.4. The van der Waals surface area contributed by atoms with Gasteiger partial charge in [0.05, 0.1) is 0 Å². The van der Waals surface area contributed by atoms with Gasteiger partial charge in [0.15, 0.2) is 5.69 Å². The summed E-state index contributed by atoms with van der Waals surface area (Å²) in [6.45, 7) is 2.05. The normalized spacial score (nSPS) is 9.94. The number of esters is 1. The number of carbonyl (C=O) groups excluding carboxylic acids is 1. The van der Waals surface area contributed by atoms with Crippen molar-refractivity contribution in [2.75, 3.05) is 0 Å². The molecular formula is C13H12N2O2. The number of nitrogens with zero attached hydrogens (tertiary/aromatic N) is 2. The van der Waals surface area contributed by atoms with E-state index < -0.39 is 5.97 Å². The Labute approximate surface area is 99.3 Å². The maximum atomic E-state index is 11.7. The van der Waals surface area contributed by atoms with E-state index in [0.29, 0.717) is 0 Å². The van der Waals surface area contributed by atoms with E-state index in [4.69, 9.17) is 4.74 Å². The first kappa shape index (κ1) is 11.3. The van der Waals surface area contributed by atoms with E-state index in [1.54, 1.807) is 13.0 Å². The minimum absolute atomic E-state index is 0.253. The molecule has 0 radical (unpaired) electrons.